The first-order valence-electron chi connectivity index (χ1n) is 7.40. The van der Waals surface area contributed by atoms with Crippen molar-refractivity contribution in [2.45, 2.75) is 62.7 Å². The summed E-state index contributed by atoms with van der Waals surface area (Å²) in [4.78, 5) is 14.2. The number of hydrogen-bond donors (Lipinski definition) is 2. The number of nitrogens with one attached hydrogen (secondary N) is 1. The topological polar surface area (TPSA) is 82.2 Å². The van der Waals surface area contributed by atoms with E-state index in [0.29, 0.717) is 18.6 Å². The van der Waals surface area contributed by atoms with Gasteiger partial charge in [0.2, 0.25) is 5.91 Å². The molecule has 3 fully saturated rings. The Morgan fingerprint density at radius 2 is 2.00 bits per heavy atom. The molecule has 0 aliphatic carbocycles. The molecule has 0 aromatic carbocycles. The van der Waals surface area contributed by atoms with Crippen LogP contribution in [-0.2, 0) is 4.79 Å². The van der Waals surface area contributed by atoms with Crippen LogP contribution in [-0.4, -0.2) is 41.5 Å². The highest BCUT2D eigenvalue weighted by Gasteiger charge is 2.40. The summed E-state index contributed by atoms with van der Waals surface area (Å²) in [7, 11) is 0. The van der Waals surface area contributed by atoms with Crippen molar-refractivity contribution in [1.29, 1.82) is 5.26 Å². The number of rotatable bonds is 2. The maximum atomic E-state index is 12.5. The van der Waals surface area contributed by atoms with Crippen molar-refractivity contribution in [3.05, 3.63) is 0 Å². The first-order chi connectivity index (χ1) is 9.19. The summed E-state index contributed by atoms with van der Waals surface area (Å²) < 4.78 is 0. The Morgan fingerprint density at radius 3 is 2.63 bits per heavy atom. The first kappa shape index (κ1) is 12.9. The number of likely N-dealkylation sites (tertiary alicyclic amines) is 1. The molecule has 1 amide bonds. The predicted molar refractivity (Wildman–Crippen MR) is 71.0 cm³/mol. The fourth-order valence-corrected chi connectivity index (χ4v) is 3.95. The van der Waals surface area contributed by atoms with Crippen molar-refractivity contribution in [3.63, 3.8) is 0 Å². The van der Waals surface area contributed by atoms with E-state index in [9.17, 15) is 4.79 Å². The lowest BCUT2D eigenvalue weighted by Crippen LogP contribution is -2.53. The molecule has 3 heterocycles. The summed E-state index contributed by atoms with van der Waals surface area (Å²) >= 11 is 0. The van der Waals surface area contributed by atoms with E-state index in [-0.39, 0.29) is 17.9 Å². The molecule has 104 valence electrons. The summed E-state index contributed by atoms with van der Waals surface area (Å²) in [6.45, 7) is 0.697. The Hall–Kier alpha value is -1.12. The summed E-state index contributed by atoms with van der Waals surface area (Å²) in [6, 6.07) is 2.65. The second kappa shape index (κ2) is 5.10. The van der Waals surface area contributed by atoms with E-state index in [2.05, 4.69) is 11.4 Å². The lowest BCUT2D eigenvalue weighted by Gasteiger charge is -2.34. The van der Waals surface area contributed by atoms with Crippen molar-refractivity contribution in [3.8, 4) is 6.07 Å². The molecule has 3 saturated heterocycles. The average Bonchev–Trinajstić information content (AvgIpc) is 3.03. The average molecular weight is 262 g/mol. The van der Waals surface area contributed by atoms with E-state index in [1.165, 1.54) is 12.8 Å². The molecule has 19 heavy (non-hydrogen) atoms. The second-order valence-electron chi connectivity index (χ2n) is 6.21. The smallest absolute Gasteiger partial charge is 0.240 e. The number of nitrogens with two attached hydrogens (primary N) is 1. The normalized spacial score (nSPS) is 39.1. The zero-order valence-electron chi connectivity index (χ0n) is 11.2. The summed E-state index contributed by atoms with van der Waals surface area (Å²) in [5.74, 6) is 0.279. The van der Waals surface area contributed by atoms with E-state index in [1.807, 2.05) is 0 Å². The Labute approximate surface area is 114 Å². The SMILES string of the molecule is N#C[C@@H]1CCCN1C(=O)[C@@H](N)C1C[C@@H]2CC[C@@H](C1)N2. The van der Waals surface area contributed by atoms with Crippen molar-refractivity contribution in [2.75, 3.05) is 6.54 Å². The molecule has 4 atom stereocenters. The van der Waals surface area contributed by atoms with Gasteiger partial charge in [-0.25, -0.2) is 0 Å². The van der Waals surface area contributed by atoms with Crippen LogP contribution in [0.5, 0.6) is 0 Å². The van der Waals surface area contributed by atoms with Crippen molar-refractivity contribution < 1.29 is 4.79 Å². The molecular formula is C14H22N4O. The number of amides is 1. The molecule has 5 heteroatoms. The van der Waals surface area contributed by atoms with Crippen LogP contribution in [0.15, 0.2) is 0 Å². The maximum absolute atomic E-state index is 12.5. The molecule has 2 bridgehead atoms. The van der Waals surface area contributed by atoms with Gasteiger partial charge >= 0.3 is 0 Å². The highest BCUT2D eigenvalue weighted by molar-refractivity contribution is 5.83. The fraction of sp³-hybridized carbons (Fsp3) is 0.857. The largest absolute Gasteiger partial charge is 0.325 e. The van der Waals surface area contributed by atoms with E-state index in [0.717, 1.165) is 25.7 Å². The summed E-state index contributed by atoms with van der Waals surface area (Å²) in [5, 5.41) is 12.6. The number of carbonyl (C=O) groups excluding carboxylic acids is 1. The summed E-state index contributed by atoms with van der Waals surface area (Å²) in [5.41, 5.74) is 6.21. The molecule has 0 aromatic rings. The van der Waals surface area contributed by atoms with Gasteiger partial charge in [0.25, 0.3) is 0 Å². The van der Waals surface area contributed by atoms with Crippen LogP contribution in [0.1, 0.15) is 38.5 Å². The molecule has 5 nitrogen and oxygen atoms in total. The predicted octanol–water partition coefficient (Wildman–Crippen LogP) is 0.359. The highest BCUT2D eigenvalue weighted by atomic mass is 16.2. The number of nitrogens with zero attached hydrogens (tertiary/aromatic N) is 2. The van der Waals surface area contributed by atoms with Gasteiger partial charge in [-0.15, -0.1) is 0 Å². The molecule has 0 unspecified atom stereocenters. The molecule has 3 aliphatic rings. The maximum Gasteiger partial charge on any atom is 0.240 e. The fourth-order valence-electron chi connectivity index (χ4n) is 3.95. The molecule has 3 aliphatic heterocycles. The van der Waals surface area contributed by atoms with Crippen LogP contribution in [0.25, 0.3) is 0 Å². The molecule has 0 radical (unpaired) electrons. The number of nitriles is 1. The van der Waals surface area contributed by atoms with Crippen LogP contribution in [0.3, 0.4) is 0 Å². The molecule has 0 spiro atoms. The van der Waals surface area contributed by atoms with Gasteiger partial charge in [-0.3, -0.25) is 4.79 Å². The molecule has 0 aromatic heterocycles. The zero-order valence-corrected chi connectivity index (χ0v) is 11.2. The first-order valence-corrected chi connectivity index (χ1v) is 7.40. The van der Waals surface area contributed by atoms with Gasteiger partial charge in [0.05, 0.1) is 12.1 Å². The number of hydrogen-bond acceptors (Lipinski definition) is 4. The minimum Gasteiger partial charge on any atom is -0.325 e. The van der Waals surface area contributed by atoms with Gasteiger partial charge in [-0.05, 0) is 44.4 Å². The highest BCUT2D eigenvalue weighted by Crippen LogP contribution is 2.33. The standard InChI is InChI=1S/C14H22N4O/c15-8-12-2-1-5-18(12)14(19)13(16)9-6-10-3-4-11(7-9)17-10/h9-13,17H,1-7,16H2/t10-,11-,12-,13-/m0/s1. The van der Waals surface area contributed by atoms with Gasteiger partial charge < -0.3 is 16.0 Å². The molecule has 3 rings (SSSR count). The minimum atomic E-state index is -0.417. The van der Waals surface area contributed by atoms with E-state index in [4.69, 9.17) is 11.0 Å². The van der Waals surface area contributed by atoms with Crippen LogP contribution in [0, 0.1) is 17.2 Å². The van der Waals surface area contributed by atoms with Crippen LogP contribution in [0.4, 0.5) is 0 Å². The van der Waals surface area contributed by atoms with E-state index in [1.54, 1.807) is 4.90 Å². The van der Waals surface area contributed by atoms with Gasteiger partial charge in [0, 0.05) is 18.6 Å². The lowest BCUT2D eigenvalue weighted by molar-refractivity contribution is -0.134. The van der Waals surface area contributed by atoms with Crippen molar-refractivity contribution in [2.24, 2.45) is 11.7 Å². The quantitative estimate of drug-likeness (QED) is 0.752. The van der Waals surface area contributed by atoms with E-state index >= 15 is 0 Å². The molecule has 0 saturated carbocycles. The zero-order chi connectivity index (χ0) is 13.4. The van der Waals surface area contributed by atoms with Crippen LogP contribution >= 0.6 is 0 Å². The monoisotopic (exact) mass is 262 g/mol. The Balaban J connectivity index is 1.65. The van der Waals surface area contributed by atoms with Gasteiger partial charge in [0.1, 0.15) is 6.04 Å². The second-order valence-corrected chi connectivity index (χ2v) is 6.21. The Bertz CT molecular complexity index is 393. The Morgan fingerprint density at radius 1 is 1.32 bits per heavy atom. The van der Waals surface area contributed by atoms with Gasteiger partial charge in [0.15, 0.2) is 0 Å². The molecule has 3 N–H and O–H groups in total. The number of piperidine rings is 1. The lowest BCUT2D eigenvalue weighted by atomic mass is 9.86. The molecular weight excluding hydrogens is 240 g/mol. The Kier molecular flexibility index (Phi) is 3.46. The summed E-state index contributed by atoms with van der Waals surface area (Å²) in [6.07, 6.45) is 6.17. The van der Waals surface area contributed by atoms with E-state index < -0.39 is 6.04 Å². The van der Waals surface area contributed by atoms with Gasteiger partial charge in [-0.2, -0.15) is 5.26 Å². The van der Waals surface area contributed by atoms with Crippen molar-refractivity contribution >= 4 is 5.91 Å². The van der Waals surface area contributed by atoms with Gasteiger partial charge in [-0.1, -0.05) is 0 Å². The third-order valence-electron chi connectivity index (χ3n) is 4.99. The third kappa shape index (κ3) is 2.35. The third-order valence-corrected chi connectivity index (χ3v) is 4.99. The van der Waals surface area contributed by atoms with Crippen LogP contribution in [0.2, 0.25) is 0 Å². The van der Waals surface area contributed by atoms with Crippen LogP contribution < -0.4 is 11.1 Å². The minimum absolute atomic E-state index is 0.00431. The number of fused-ring (bicyclic) bond motifs is 2. The number of carbonyl (C=O) groups is 1. The van der Waals surface area contributed by atoms with Crippen molar-refractivity contribution in [1.82, 2.24) is 10.2 Å².